The number of aldehydes is 1. The van der Waals surface area contributed by atoms with E-state index in [0.29, 0.717) is 49.3 Å². The first kappa shape index (κ1) is 27.0. The smallest absolute Gasteiger partial charge is 0.328 e. The Bertz CT molecular complexity index is 1460. The maximum atomic E-state index is 15.9. The van der Waals surface area contributed by atoms with Crippen molar-refractivity contribution in [3.8, 4) is 6.07 Å². The molecule has 1 atom stereocenters. The zero-order valence-corrected chi connectivity index (χ0v) is 23.0. The number of nitriles is 1. The van der Waals surface area contributed by atoms with E-state index in [0.717, 1.165) is 6.42 Å². The van der Waals surface area contributed by atoms with E-state index >= 15 is 4.39 Å². The normalized spacial score (nSPS) is 25.4. The molecule has 0 aromatic carbocycles. The number of aromatic nitrogens is 2. The Kier molecular flexibility index (Phi) is 6.83. The van der Waals surface area contributed by atoms with E-state index in [2.05, 4.69) is 21.4 Å². The Morgan fingerprint density at radius 1 is 1.32 bits per heavy atom. The summed E-state index contributed by atoms with van der Waals surface area (Å²) in [6, 6.07) is 4.41. The van der Waals surface area contributed by atoms with Crippen LogP contribution in [0.2, 0.25) is 0 Å². The number of alkyl halides is 1. The summed E-state index contributed by atoms with van der Waals surface area (Å²) in [5.74, 6) is 0.261. The number of anilines is 3. The molecule has 3 fully saturated rings. The van der Waals surface area contributed by atoms with Crippen LogP contribution in [-0.2, 0) is 21.7 Å². The van der Waals surface area contributed by atoms with E-state index in [1.807, 2.05) is 16.8 Å². The second-order valence-electron chi connectivity index (χ2n) is 11.2. The summed E-state index contributed by atoms with van der Waals surface area (Å²) in [6.07, 6.45) is 3.09. The highest BCUT2D eigenvalue weighted by molar-refractivity contribution is 6.03. The van der Waals surface area contributed by atoms with Gasteiger partial charge in [-0.05, 0) is 19.5 Å². The molecule has 5 aliphatic rings. The van der Waals surface area contributed by atoms with Crippen molar-refractivity contribution in [2.75, 3.05) is 62.0 Å². The Labute approximate surface area is 236 Å². The van der Waals surface area contributed by atoms with Crippen molar-refractivity contribution in [2.24, 2.45) is 0 Å². The summed E-state index contributed by atoms with van der Waals surface area (Å²) >= 11 is 0. The minimum absolute atomic E-state index is 0.0505. The van der Waals surface area contributed by atoms with Crippen molar-refractivity contribution in [1.82, 2.24) is 19.8 Å². The predicted molar refractivity (Wildman–Crippen MR) is 146 cm³/mol. The van der Waals surface area contributed by atoms with Crippen molar-refractivity contribution < 1.29 is 23.5 Å². The van der Waals surface area contributed by atoms with Crippen LogP contribution in [-0.4, -0.2) is 97.0 Å². The van der Waals surface area contributed by atoms with Gasteiger partial charge in [0.15, 0.2) is 6.29 Å². The summed E-state index contributed by atoms with van der Waals surface area (Å²) in [5.41, 5.74) is 0.143. The molecule has 7 rings (SSSR count). The molecule has 1 unspecified atom stereocenters. The number of urea groups is 1. The van der Waals surface area contributed by atoms with E-state index < -0.39 is 17.7 Å². The second kappa shape index (κ2) is 10.4. The SMILES string of the molecule is COC1CCN(c2cc(NC(=O)N3c4nc(C=O)c(CN5CCN(C)CC5=O)cc4C4(F)CC3C4)ncc2C#N)C1. The summed E-state index contributed by atoms with van der Waals surface area (Å²) in [4.78, 5) is 53.9. The number of likely N-dealkylation sites (N-methyl/N-ethyl adjacent to an activating group) is 1. The number of pyridine rings is 2. The van der Waals surface area contributed by atoms with E-state index in [1.165, 1.54) is 11.1 Å². The predicted octanol–water partition coefficient (Wildman–Crippen LogP) is 2.04. The van der Waals surface area contributed by atoms with Gasteiger partial charge >= 0.3 is 6.03 Å². The third kappa shape index (κ3) is 4.76. The first-order chi connectivity index (χ1) is 19.7. The molecule has 4 aliphatic heterocycles. The number of hydrogen-bond acceptors (Lipinski definition) is 9. The van der Waals surface area contributed by atoms with E-state index in [-0.39, 0.29) is 60.8 Å². The zero-order valence-electron chi connectivity index (χ0n) is 23.0. The quantitative estimate of drug-likeness (QED) is 0.525. The Balaban J connectivity index is 1.27. The Morgan fingerprint density at radius 2 is 2.12 bits per heavy atom. The summed E-state index contributed by atoms with van der Waals surface area (Å²) in [6.45, 7) is 2.91. The van der Waals surface area contributed by atoms with Gasteiger partial charge in [-0.2, -0.15) is 5.26 Å². The first-order valence-electron chi connectivity index (χ1n) is 13.7. The van der Waals surface area contributed by atoms with Crippen LogP contribution in [0.1, 0.15) is 46.4 Å². The molecule has 41 heavy (non-hydrogen) atoms. The maximum Gasteiger partial charge on any atom is 0.328 e. The standard InChI is InChI=1S/C28H31FN8O4/c1-34-5-6-36(25(39)15-34)13-17-7-21-26(32-22(17)16-38)37(19-9-28(21,29)10-19)27(40)33-24-8-23(18(11-30)12-31-24)35-4-3-20(14-35)41-2/h7-8,12,16,19-20H,3-6,9-10,13-15H2,1-2H3,(H,31,33,40). The average molecular weight is 563 g/mol. The van der Waals surface area contributed by atoms with E-state index in [9.17, 15) is 19.6 Å². The topological polar surface area (TPSA) is 135 Å². The van der Waals surface area contributed by atoms with Gasteiger partial charge in [0.25, 0.3) is 0 Å². The van der Waals surface area contributed by atoms with E-state index in [4.69, 9.17) is 4.74 Å². The fourth-order valence-corrected chi connectivity index (χ4v) is 6.19. The molecule has 12 nitrogen and oxygen atoms in total. The van der Waals surface area contributed by atoms with Crippen molar-refractivity contribution in [3.63, 3.8) is 0 Å². The van der Waals surface area contributed by atoms with Gasteiger partial charge in [-0.3, -0.25) is 24.7 Å². The van der Waals surface area contributed by atoms with Crippen LogP contribution in [0.4, 0.5) is 26.5 Å². The van der Waals surface area contributed by atoms with Crippen LogP contribution in [0.25, 0.3) is 0 Å². The number of amides is 3. The largest absolute Gasteiger partial charge is 0.380 e. The molecule has 6 heterocycles. The van der Waals surface area contributed by atoms with Crippen LogP contribution in [0, 0.1) is 11.3 Å². The summed E-state index contributed by atoms with van der Waals surface area (Å²) in [5, 5.41) is 12.4. The zero-order chi connectivity index (χ0) is 28.9. The molecule has 1 N–H and O–H groups in total. The number of halogens is 1. The molecule has 2 saturated heterocycles. The molecular weight excluding hydrogens is 531 g/mol. The summed E-state index contributed by atoms with van der Waals surface area (Å²) < 4.78 is 21.3. The molecule has 0 radical (unpaired) electrons. The van der Waals surface area contributed by atoms with Crippen LogP contribution in [0.3, 0.4) is 0 Å². The number of nitrogens with one attached hydrogen (secondary N) is 1. The monoisotopic (exact) mass is 562 g/mol. The molecule has 2 bridgehead atoms. The van der Waals surface area contributed by atoms with Gasteiger partial charge in [0.1, 0.15) is 29.1 Å². The van der Waals surface area contributed by atoms with Gasteiger partial charge in [0.2, 0.25) is 5.91 Å². The molecule has 2 aromatic heterocycles. The maximum absolute atomic E-state index is 15.9. The number of methoxy groups -OCH3 is 1. The van der Waals surface area contributed by atoms with Crippen LogP contribution in [0.15, 0.2) is 18.3 Å². The molecule has 13 heteroatoms. The Hall–Kier alpha value is -4.15. The molecular formula is C28H31FN8O4. The Morgan fingerprint density at radius 3 is 2.80 bits per heavy atom. The first-order valence-corrected chi connectivity index (χ1v) is 13.7. The molecule has 2 aromatic rings. The number of carbonyl (C=O) groups excluding carboxylic acids is 3. The number of carbonyl (C=O) groups is 3. The lowest BCUT2D eigenvalue weighted by Crippen LogP contribution is -2.60. The molecule has 1 aliphatic carbocycles. The van der Waals surface area contributed by atoms with Gasteiger partial charge in [-0.1, -0.05) is 0 Å². The highest BCUT2D eigenvalue weighted by Gasteiger charge is 2.57. The van der Waals surface area contributed by atoms with Crippen molar-refractivity contribution in [1.29, 1.82) is 5.26 Å². The summed E-state index contributed by atoms with van der Waals surface area (Å²) in [7, 11) is 3.52. The van der Waals surface area contributed by atoms with Crippen LogP contribution in [0.5, 0.6) is 0 Å². The molecule has 214 valence electrons. The third-order valence-corrected chi connectivity index (χ3v) is 8.57. The van der Waals surface area contributed by atoms with Gasteiger partial charge < -0.3 is 14.5 Å². The highest BCUT2D eigenvalue weighted by atomic mass is 19.1. The highest BCUT2D eigenvalue weighted by Crippen LogP contribution is 2.56. The minimum atomic E-state index is -1.65. The fourth-order valence-electron chi connectivity index (χ4n) is 6.19. The number of rotatable bonds is 6. The lowest BCUT2D eigenvalue weighted by atomic mass is 9.68. The lowest BCUT2D eigenvalue weighted by molar-refractivity contribution is -0.136. The number of piperazine rings is 1. The average Bonchev–Trinajstić information content (AvgIpc) is 3.43. The van der Waals surface area contributed by atoms with Gasteiger partial charge in [-0.15, -0.1) is 0 Å². The molecule has 1 saturated carbocycles. The van der Waals surface area contributed by atoms with Crippen molar-refractivity contribution in [3.05, 3.63) is 40.7 Å². The number of nitrogens with zero attached hydrogens (tertiary/aromatic N) is 7. The van der Waals surface area contributed by atoms with Gasteiger partial charge in [-0.25, -0.2) is 19.2 Å². The van der Waals surface area contributed by atoms with Crippen molar-refractivity contribution >= 4 is 35.5 Å². The van der Waals surface area contributed by atoms with Crippen LogP contribution >= 0.6 is 0 Å². The lowest BCUT2D eigenvalue weighted by Gasteiger charge is -2.52. The number of ether oxygens (including phenoxy) is 1. The fraction of sp³-hybridized carbons (Fsp3) is 0.500. The molecule has 0 spiro atoms. The van der Waals surface area contributed by atoms with Crippen LogP contribution < -0.4 is 15.1 Å². The second-order valence-corrected chi connectivity index (χ2v) is 11.2. The van der Waals surface area contributed by atoms with E-state index in [1.54, 1.807) is 24.1 Å². The third-order valence-electron chi connectivity index (χ3n) is 8.57. The minimum Gasteiger partial charge on any atom is -0.380 e. The van der Waals surface area contributed by atoms with Gasteiger partial charge in [0.05, 0.1) is 23.9 Å². The van der Waals surface area contributed by atoms with Crippen molar-refractivity contribution in [2.45, 2.75) is 43.6 Å². The number of hydrogen-bond donors (Lipinski definition) is 1. The molecule has 3 amide bonds. The van der Waals surface area contributed by atoms with Gasteiger partial charge in [0, 0.05) is 82.1 Å².